The van der Waals surface area contributed by atoms with Crippen molar-refractivity contribution in [3.05, 3.63) is 78.9 Å². The molecule has 7 heteroatoms. The quantitative estimate of drug-likeness (QED) is 0.308. The number of carbonyl (C=O) groups excluding carboxylic acids is 1. The highest BCUT2D eigenvalue weighted by molar-refractivity contribution is 9.11. The van der Waals surface area contributed by atoms with E-state index in [0.29, 0.717) is 20.1 Å². The molecule has 0 fully saturated rings. The number of nitrogens with zero attached hydrogens (tertiary/aromatic N) is 1. The molecule has 0 aromatic heterocycles. The highest BCUT2D eigenvalue weighted by atomic mass is 79.9. The van der Waals surface area contributed by atoms with Crippen molar-refractivity contribution >= 4 is 43.9 Å². The molecule has 0 N–H and O–H groups in total. The summed E-state index contributed by atoms with van der Waals surface area (Å²) in [6.45, 7) is 0. The molecule has 0 aliphatic carbocycles. The van der Waals surface area contributed by atoms with Gasteiger partial charge in [-0.3, -0.25) is 10.1 Å². The van der Waals surface area contributed by atoms with Gasteiger partial charge in [0.05, 0.1) is 15.0 Å². The lowest BCUT2D eigenvalue weighted by molar-refractivity contribution is -0.400. The maximum atomic E-state index is 12.1. The molecule has 0 amide bonds. The molecule has 2 aromatic rings. The largest absolute Gasteiger partial charge is 0.421 e. The topological polar surface area (TPSA) is 69.4 Å². The number of hydrogen-bond acceptors (Lipinski definition) is 4. The van der Waals surface area contributed by atoms with Gasteiger partial charge in [-0.05, 0) is 40.2 Å². The predicted octanol–water partition coefficient (Wildman–Crippen LogP) is 4.68. The van der Waals surface area contributed by atoms with Crippen LogP contribution in [0.25, 0.3) is 6.08 Å². The number of rotatable bonds is 4. The molecule has 5 nitrogen and oxygen atoms in total. The first-order valence-corrected chi connectivity index (χ1v) is 7.64. The molecule has 0 bridgehead atoms. The van der Waals surface area contributed by atoms with Gasteiger partial charge < -0.3 is 4.74 Å². The molecule has 2 aromatic carbocycles. The van der Waals surface area contributed by atoms with Crippen LogP contribution in [0.4, 0.5) is 0 Å². The van der Waals surface area contributed by atoms with Crippen LogP contribution < -0.4 is 4.74 Å². The van der Waals surface area contributed by atoms with Crippen molar-refractivity contribution in [2.75, 3.05) is 0 Å². The second-order valence-corrected chi connectivity index (χ2v) is 5.93. The predicted molar refractivity (Wildman–Crippen MR) is 89.3 cm³/mol. The number of hydrogen-bond donors (Lipinski definition) is 0. The van der Waals surface area contributed by atoms with E-state index in [2.05, 4.69) is 31.9 Å². The molecule has 112 valence electrons. The fraction of sp³-hybridized carbons (Fsp3) is 0. The van der Waals surface area contributed by atoms with Crippen molar-refractivity contribution in [3.8, 4) is 5.75 Å². The van der Waals surface area contributed by atoms with E-state index >= 15 is 0 Å². The summed E-state index contributed by atoms with van der Waals surface area (Å²) in [5.41, 5.74) is 0.795. The second kappa shape index (κ2) is 7.33. The number of carbonyl (C=O) groups is 1. The monoisotopic (exact) mass is 425 g/mol. The van der Waals surface area contributed by atoms with Crippen molar-refractivity contribution in [1.82, 2.24) is 0 Å². The Labute approximate surface area is 143 Å². The summed E-state index contributed by atoms with van der Waals surface area (Å²) in [7, 11) is 0. The molecular weight excluding hydrogens is 418 g/mol. The number of benzene rings is 2. The molecule has 0 saturated heterocycles. The van der Waals surface area contributed by atoms with E-state index in [1.165, 1.54) is 6.08 Å². The van der Waals surface area contributed by atoms with Gasteiger partial charge in [0.2, 0.25) is 6.20 Å². The Bertz CT molecular complexity index is 745. The fourth-order valence-corrected chi connectivity index (χ4v) is 3.02. The highest BCUT2D eigenvalue weighted by Crippen LogP contribution is 2.34. The molecule has 0 aliphatic rings. The number of halogens is 2. The third kappa shape index (κ3) is 4.25. The number of esters is 1. The van der Waals surface area contributed by atoms with E-state index in [4.69, 9.17) is 4.74 Å². The Morgan fingerprint density at radius 2 is 1.86 bits per heavy atom. The molecule has 22 heavy (non-hydrogen) atoms. The Kier molecular flexibility index (Phi) is 5.46. The fourth-order valence-electron chi connectivity index (χ4n) is 1.68. The van der Waals surface area contributed by atoms with Crippen LogP contribution in [-0.2, 0) is 0 Å². The molecule has 0 aliphatic heterocycles. The van der Waals surface area contributed by atoms with Crippen LogP contribution in [0, 0.1) is 10.1 Å². The van der Waals surface area contributed by atoms with Crippen molar-refractivity contribution in [2.45, 2.75) is 0 Å². The van der Waals surface area contributed by atoms with Gasteiger partial charge in [-0.1, -0.05) is 34.1 Å². The average Bonchev–Trinajstić information content (AvgIpc) is 2.48. The van der Waals surface area contributed by atoms with E-state index in [0.717, 1.165) is 6.20 Å². The number of ether oxygens (including phenoxy) is 1. The molecule has 0 spiro atoms. The minimum absolute atomic E-state index is 0.218. The molecule has 0 saturated carbocycles. The molecular formula is C15H9Br2NO4. The van der Waals surface area contributed by atoms with Gasteiger partial charge in [-0.15, -0.1) is 0 Å². The Hall–Kier alpha value is -1.99. The standard InChI is InChI=1S/C15H9Br2NO4/c16-12-8-11(6-7-18(20)21)14(13(17)9-12)22-15(19)10-4-2-1-3-5-10/h1-9H/b7-6+. The third-order valence-corrected chi connectivity index (χ3v) is 3.66. The van der Waals surface area contributed by atoms with Gasteiger partial charge in [0.15, 0.2) is 5.75 Å². The molecule has 0 atom stereocenters. The lowest BCUT2D eigenvalue weighted by Crippen LogP contribution is -2.09. The van der Waals surface area contributed by atoms with E-state index < -0.39 is 10.9 Å². The van der Waals surface area contributed by atoms with Crippen molar-refractivity contribution in [2.24, 2.45) is 0 Å². The summed E-state index contributed by atoms with van der Waals surface area (Å²) in [6.07, 6.45) is 2.05. The zero-order valence-electron chi connectivity index (χ0n) is 11.0. The van der Waals surface area contributed by atoms with Crippen LogP contribution in [0.1, 0.15) is 15.9 Å². The summed E-state index contributed by atoms with van der Waals surface area (Å²) >= 11 is 6.59. The summed E-state index contributed by atoms with van der Waals surface area (Å²) in [6, 6.07) is 11.8. The normalized spacial score (nSPS) is 10.6. The molecule has 0 heterocycles. The lowest BCUT2D eigenvalue weighted by Gasteiger charge is -2.10. The highest BCUT2D eigenvalue weighted by Gasteiger charge is 2.15. The lowest BCUT2D eigenvalue weighted by atomic mass is 10.2. The minimum atomic E-state index is -0.586. The smallest absolute Gasteiger partial charge is 0.343 e. The van der Waals surface area contributed by atoms with Crippen molar-refractivity contribution in [3.63, 3.8) is 0 Å². The van der Waals surface area contributed by atoms with Crippen LogP contribution in [-0.4, -0.2) is 10.9 Å². The van der Waals surface area contributed by atoms with Crippen LogP contribution in [0.15, 0.2) is 57.6 Å². The molecule has 0 unspecified atom stereocenters. The van der Waals surface area contributed by atoms with Crippen LogP contribution in [0.5, 0.6) is 5.75 Å². The first-order chi connectivity index (χ1) is 10.5. The third-order valence-electron chi connectivity index (χ3n) is 2.62. The Morgan fingerprint density at radius 3 is 2.50 bits per heavy atom. The summed E-state index contributed by atoms with van der Waals surface area (Å²) in [5, 5.41) is 10.5. The van der Waals surface area contributed by atoms with Gasteiger partial charge in [-0.25, -0.2) is 4.79 Å². The van der Waals surface area contributed by atoms with Crippen LogP contribution in [0.2, 0.25) is 0 Å². The van der Waals surface area contributed by atoms with E-state index in [1.54, 1.807) is 42.5 Å². The molecule has 0 radical (unpaired) electrons. The summed E-state index contributed by atoms with van der Waals surface area (Å²) < 4.78 is 6.57. The van der Waals surface area contributed by atoms with Crippen LogP contribution >= 0.6 is 31.9 Å². The van der Waals surface area contributed by atoms with Gasteiger partial charge >= 0.3 is 5.97 Å². The van der Waals surface area contributed by atoms with Gasteiger partial charge in [0.1, 0.15) is 0 Å². The van der Waals surface area contributed by atoms with Gasteiger partial charge in [0, 0.05) is 16.1 Å². The first kappa shape index (κ1) is 16.4. The molecule has 2 rings (SSSR count). The van der Waals surface area contributed by atoms with E-state index in [-0.39, 0.29) is 5.75 Å². The Balaban J connectivity index is 2.37. The summed E-state index contributed by atoms with van der Waals surface area (Å²) in [4.78, 5) is 22.0. The number of nitro groups is 1. The van der Waals surface area contributed by atoms with Crippen LogP contribution in [0.3, 0.4) is 0 Å². The zero-order chi connectivity index (χ0) is 16.1. The van der Waals surface area contributed by atoms with Crippen molar-refractivity contribution in [1.29, 1.82) is 0 Å². The van der Waals surface area contributed by atoms with E-state index in [1.807, 2.05) is 0 Å². The zero-order valence-corrected chi connectivity index (χ0v) is 14.2. The van der Waals surface area contributed by atoms with Crippen molar-refractivity contribution < 1.29 is 14.5 Å². The van der Waals surface area contributed by atoms with Gasteiger partial charge in [-0.2, -0.15) is 0 Å². The van der Waals surface area contributed by atoms with Gasteiger partial charge in [0.25, 0.3) is 0 Å². The average molecular weight is 427 g/mol. The van der Waals surface area contributed by atoms with E-state index in [9.17, 15) is 14.9 Å². The second-order valence-electron chi connectivity index (χ2n) is 4.16. The maximum absolute atomic E-state index is 12.1. The minimum Gasteiger partial charge on any atom is -0.421 e. The Morgan fingerprint density at radius 1 is 1.18 bits per heavy atom. The first-order valence-electron chi connectivity index (χ1n) is 6.05. The maximum Gasteiger partial charge on any atom is 0.343 e. The SMILES string of the molecule is O=C(Oc1c(Br)cc(Br)cc1/C=C/[N+](=O)[O-])c1ccccc1. The summed E-state index contributed by atoms with van der Waals surface area (Å²) in [5.74, 6) is -0.325.